The molecule has 3 heterocycles. The van der Waals surface area contributed by atoms with Gasteiger partial charge in [-0.2, -0.15) is 10.2 Å². The number of hydrogen-bond acceptors (Lipinski definition) is 5. The number of H-pyrrole nitrogens is 1. The van der Waals surface area contributed by atoms with E-state index in [0.717, 1.165) is 5.69 Å². The first-order valence-electron chi connectivity index (χ1n) is 10.1. The van der Waals surface area contributed by atoms with E-state index in [1.165, 1.54) is 6.20 Å². The van der Waals surface area contributed by atoms with Crippen LogP contribution < -0.4 is 14.2 Å². The second-order valence-corrected chi connectivity index (χ2v) is 7.39. The molecular formula is C24H21FN4O3. The van der Waals surface area contributed by atoms with E-state index in [4.69, 9.17) is 14.2 Å². The number of aryl methyl sites for hydroxylation is 1. The van der Waals surface area contributed by atoms with Crippen LogP contribution in [-0.2, 0) is 6.54 Å². The molecule has 162 valence electrons. The Bertz CT molecular complexity index is 1400. The summed E-state index contributed by atoms with van der Waals surface area (Å²) in [4.78, 5) is 3.12. The number of methoxy groups -OCH3 is 1. The zero-order chi connectivity index (χ0) is 22.1. The molecule has 3 aromatic heterocycles. The van der Waals surface area contributed by atoms with Gasteiger partial charge in [0.25, 0.3) is 0 Å². The summed E-state index contributed by atoms with van der Waals surface area (Å²) in [6.45, 7) is 3.04. The van der Waals surface area contributed by atoms with E-state index in [-0.39, 0.29) is 5.75 Å². The lowest BCUT2D eigenvalue weighted by Gasteiger charge is -2.14. The van der Waals surface area contributed by atoms with Gasteiger partial charge in [-0.15, -0.1) is 0 Å². The summed E-state index contributed by atoms with van der Waals surface area (Å²) in [5, 5.41) is 9.31. The Hall–Kier alpha value is -4.07. The van der Waals surface area contributed by atoms with Gasteiger partial charge in [-0.05, 0) is 43.3 Å². The van der Waals surface area contributed by atoms with Crippen LogP contribution in [0.4, 0.5) is 4.39 Å². The molecule has 0 aliphatic carbocycles. The van der Waals surface area contributed by atoms with Gasteiger partial charge in [0.15, 0.2) is 28.8 Å². The third kappa shape index (κ3) is 3.71. The van der Waals surface area contributed by atoms with Gasteiger partial charge in [0, 0.05) is 35.1 Å². The maximum Gasteiger partial charge on any atom is 0.175 e. The molecule has 1 N–H and O–H groups in total. The maximum absolute atomic E-state index is 15.0. The second-order valence-electron chi connectivity index (χ2n) is 7.39. The maximum atomic E-state index is 15.0. The lowest BCUT2D eigenvalue weighted by molar-refractivity contribution is 0.280. The molecule has 0 bridgehead atoms. The first kappa shape index (κ1) is 19.9. The van der Waals surface area contributed by atoms with E-state index in [0.29, 0.717) is 52.2 Å². The number of rotatable bonds is 7. The minimum Gasteiger partial charge on any atom is -0.493 e. The monoisotopic (exact) mass is 432 g/mol. The van der Waals surface area contributed by atoms with Crippen molar-refractivity contribution < 1.29 is 18.6 Å². The van der Waals surface area contributed by atoms with Crippen molar-refractivity contribution in [3.05, 3.63) is 72.6 Å². The zero-order valence-electron chi connectivity index (χ0n) is 17.6. The van der Waals surface area contributed by atoms with Crippen molar-refractivity contribution in [2.45, 2.75) is 13.5 Å². The summed E-state index contributed by atoms with van der Waals surface area (Å²) in [5.74, 6) is 1.12. The lowest BCUT2D eigenvalue weighted by Crippen LogP contribution is -2.07. The Balaban J connectivity index is 1.46. The smallest absolute Gasteiger partial charge is 0.175 e. The molecule has 0 atom stereocenters. The quantitative estimate of drug-likeness (QED) is 0.381. The molecule has 5 aromatic rings. The van der Waals surface area contributed by atoms with Crippen molar-refractivity contribution in [2.75, 3.05) is 13.7 Å². The summed E-state index contributed by atoms with van der Waals surface area (Å²) >= 11 is 0. The fourth-order valence-electron chi connectivity index (χ4n) is 3.66. The third-order valence-electron chi connectivity index (χ3n) is 5.22. The lowest BCUT2D eigenvalue weighted by atomic mass is 10.2. The van der Waals surface area contributed by atoms with Crippen molar-refractivity contribution in [2.24, 2.45) is 0 Å². The highest BCUT2D eigenvalue weighted by molar-refractivity contribution is 5.88. The highest BCUT2D eigenvalue weighted by Gasteiger charge is 2.16. The summed E-state index contributed by atoms with van der Waals surface area (Å²) in [6.07, 6.45) is 5.41. The van der Waals surface area contributed by atoms with Gasteiger partial charge in [-0.25, -0.2) is 4.39 Å². The molecule has 0 saturated carbocycles. The molecule has 8 heteroatoms. The number of nitrogens with one attached hydrogen (secondary N) is 1. The van der Waals surface area contributed by atoms with E-state index in [2.05, 4.69) is 15.2 Å². The molecule has 7 nitrogen and oxygen atoms in total. The van der Waals surface area contributed by atoms with Crippen LogP contribution in [0.3, 0.4) is 0 Å². The number of fused-ring (bicyclic) bond motifs is 2. The van der Waals surface area contributed by atoms with Crippen LogP contribution in [0.2, 0.25) is 0 Å². The van der Waals surface area contributed by atoms with Crippen molar-refractivity contribution in [3.8, 4) is 23.0 Å². The first-order chi connectivity index (χ1) is 15.6. The van der Waals surface area contributed by atoms with Crippen molar-refractivity contribution in [1.82, 2.24) is 19.7 Å². The van der Waals surface area contributed by atoms with Gasteiger partial charge in [0.05, 0.1) is 25.2 Å². The SMILES string of the molecule is COc1cc2c(Oc3ccc4[nH]c(C)cc4c3F)cnnc2cc1OCCn1cccc1. The average molecular weight is 432 g/mol. The number of ether oxygens (including phenoxy) is 3. The summed E-state index contributed by atoms with van der Waals surface area (Å²) in [7, 11) is 1.57. The molecule has 5 rings (SSSR count). The third-order valence-corrected chi connectivity index (χ3v) is 5.22. The molecule has 0 fully saturated rings. The fraction of sp³-hybridized carbons (Fsp3) is 0.167. The zero-order valence-corrected chi connectivity index (χ0v) is 17.6. The minimum atomic E-state index is -0.436. The molecule has 0 radical (unpaired) electrons. The Labute approximate surface area is 183 Å². The summed E-state index contributed by atoms with van der Waals surface area (Å²) < 4.78 is 34.4. The van der Waals surface area contributed by atoms with E-state index in [1.807, 2.05) is 36.0 Å². The molecular weight excluding hydrogens is 411 g/mol. The molecule has 0 amide bonds. The van der Waals surface area contributed by atoms with Gasteiger partial charge < -0.3 is 23.8 Å². The van der Waals surface area contributed by atoms with Crippen LogP contribution in [0, 0.1) is 12.7 Å². The molecule has 0 saturated heterocycles. The standard InChI is InChI=1S/C24H21FN4O3/c1-15-11-17-18(27-15)5-6-20(24(17)25)32-23-14-26-28-19-13-22(21(30-2)12-16(19)23)31-10-9-29-7-3-4-8-29/h3-8,11-14,27H,9-10H2,1-2H3. The van der Waals surface area contributed by atoms with Gasteiger partial charge in [-0.1, -0.05) is 0 Å². The van der Waals surface area contributed by atoms with Crippen LogP contribution in [0.5, 0.6) is 23.0 Å². The van der Waals surface area contributed by atoms with Gasteiger partial charge in [0.1, 0.15) is 12.1 Å². The van der Waals surface area contributed by atoms with Gasteiger partial charge >= 0.3 is 0 Å². The number of aromatic amines is 1. The molecule has 0 spiro atoms. The Morgan fingerprint density at radius 3 is 2.66 bits per heavy atom. The molecule has 0 aliphatic rings. The van der Waals surface area contributed by atoms with Crippen molar-refractivity contribution >= 4 is 21.8 Å². The second kappa shape index (κ2) is 8.22. The van der Waals surface area contributed by atoms with Crippen LogP contribution in [0.15, 0.2) is 61.1 Å². The number of nitrogens with zero attached hydrogens (tertiary/aromatic N) is 3. The Kier molecular flexibility index (Phi) is 5.10. The Morgan fingerprint density at radius 2 is 1.84 bits per heavy atom. The number of benzene rings is 2. The van der Waals surface area contributed by atoms with E-state index in [1.54, 1.807) is 37.4 Å². The van der Waals surface area contributed by atoms with E-state index in [9.17, 15) is 0 Å². The molecule has 0 unspecified atom stereocenters. The minimum absolute atomic E-state index is 0.108. The number of hydrogen-bond donors (Lipinski definition) is 1. The van der Waals surface area contributed by atoms with Crippen LogP contribution in [-0.4, -0.2) is 33.5 Å². The van der Waals surface area contributed by atoms with E-state index >= 15 is 4.39 Å². The first-order valence-corrected chi connectivity index (χ1v) is 10.1. The van der Waals surface area contributed by atoms with Crippen molar-refractivity contribution in [1.29, 1.82) is 0 Å². The normalized spacial score (nSPS) is 11.2. The molecule has 2 aromatic carbocycles. The largest absolute Gasteiger partial charge is 0.493 e. The predicted molar refractivity (Wildman–Crippen MR) is 119 cm³/mol. The van der Waals surface area contributed by atoms with Crippen LogP contribution in [0.25, 0.3) is 21.8 Å². The summed E-state index contributed by atoms with van der Waals surface area (Å²) in [5.41, 5.74) is 2.15. The predicted octanol–water partition coefficient (Wildman–Crippen LogP) is 5.24. The Morgan fingerprint density at radius 1 is 1.00 bits per heavy atom. The number of halogens is 1. The van der Waals surface area contributed by atoms with Crippen LogP contribution >= 0.6 is 0 Å². The number of aromatic nitrogens is 4. The fourth-order valence-corrected chi connectivity index (χ4v) is 3.66. The summed E-state index contributed by atoms with van der Waals surface area (Å²) in [6, 6.07) is 12.6. The molecule has 32 heavy (non-hydrogen) atoms. The molecule has 0 aliphatic heterocycles. The average Bonchev–Trinajstić information content (AvgIpc) is 3.45. The highest BCUT2D eigenvalue weighted by atomic mass is 19.1. The topological polar surface area (TPSA) is 74.2 Å². The van der Waals surface area contributed by atoms with E-state index < -0.39 is 5.82 Å². The van der Waals surface area contributed by atoms with Crippen LogP contribution in [0.1, 0.15) is 5.69 Å². The highest BCUT2D eigenvalue weighted by Crippen LogP contribution is 2.38. The van der Waals surface area contributed by atoms with Gasteiger partial charge in [0.2, 0.25) is 0 Å². The van der Waals surface area contributed by atoms with Gasteiger partial charge in [-0.3, -0.25) is 0 Å². The van der Waals surface area contributed by atoms with Crippen molar-refractivity contribution in [3.63, 3.8) is 0 Å².